The Kier molecular flexibility index (Phi) is 3.66. The van der Waals surface area contributed by atoms with Crippen molar-refractivity contribution in [1.82, 2.24) is 15.3 Å². The number of hydrogen-bond donors (Lipinski definition) is 2. The van der Waals surface area contributed by atoms with Crippen molar-refractivity contribution in [2.24, 2.45) is 0 Å². The summed E-state index contributed by atoms with van der Waals surface area (Å²) in [5.41, 5.74) is 2.16. The molecular formula is C16H15F2N3. The van der Waals surface area contributed by atoms with E-state index in [4.69, 9.17) is 0 Å². The smallest absolute Gasteiger partial charge is 0.163 e. The van der Waals surface area contributed by atoms with Crippen LogP contribution in [-0.4, -0.2) is 9.97 Å². The molecule has 21 heavy (non-hydrogen) atoms. The third-order valence-corrected chi connectivity index (χ3v) is 3.46. The fourth-order valence-corrected chi connectivity index (χ4v) is 2.30. The van der Waals surface area contributed by atoms with Gasteiger partial charge in [0.1, 0.15) is 5.82 Å². The topological polar surface area (TPSA) is 40.7 Å². The number of halogens is 2. The lowest BCUT2D eigenvalue weighted by atomic mass is 10.1. The van der Waals surface area contributed by atoms with Gasteiger partial charge in [-0.3, -0.25) is 0 Å². The van der Waals surface area contributed by atoms with E-state index in [1.54, 1.807) is 13.0 Å². The molecule has 1 atom stereocenters. The van der Waals surface area contributed by atoms with E-state index in [-0.39, 0.29) is 6.04 Å². The van der Waals surface area contributed by atoms with Gasteiger partial charge < -0.3 is 10.3 Å². The summed E-state index contributed by atoms with van der Waals surface area (Å²) in [6, 6.07) is 11.6. The summed E-state index contributed by atoms with van der Waals surface area (Å²) in [6.45, 7) is 2.24. The second-order valence-corrected chi connectivity index (χ2v) is 4.95. The van der Waals surface area contributed by atoms with Crippen LogP contribution in [-0.2, 0) is 6.54 Å². The molecule has 1 aromatic heterocycles. The molecule has 0 aliphatic carbocycles. The summed E-state index contributed by atoms with van der Waals surface area (Å²) in [6.07, 6.45) is 0. The molecule has 0 radical (unpaired) electrons. The van der Waals surface area contributed by atoms with Crippen LogP contribution in [0.25, 0.3) is 11.0 Å². The van der Waals surface area contributed by atoms with Crippen molar-refractivity contribution in [2.45, 2.75) is 19.5 Å². The standard InChI is InChI=1S/C16H15F2N3/c1-10(11-5-4-6-12(17)16(11)18)19-9-15-20-13-7-2-3-8-14(13)21-15/h2-8,10,19H,9H2,1H3,(H,20,21). The number of aromatic nitrogens is 2. The summed E-state index contributed by atoms with van der Waals surface area (Å²) < 4.78 is 26.9. The molecule has 3 rings (SSSR count). The van der Waals surface area contributed by atoms with Gasteiger partial charge in [0.25, 0.3) is 0 Å². The van der Waals surface area contributed by atoms with E-state index in [2.05, 4.69) is 15.3 Å². The molecule has 0 saturated heterocycles. The second-order valence-electron chi connectivity index (χ2n) is 4.95. The molecule has 0 spiro atoms. The van der Waals surface area contributed by atoms with Crippen LogP contribution >= 0.6 is 0 Å². The fraction of sp³-hybridized carbons (Fsp3) is 0.188. The van der Waals surface area contributed by atoms with E-state index < -0.39 is 11.6 Å². The molecule has 3 nitrogen and oxygen atoms in total. The lowest BCUT2D eigenvalue weighted by Crippen LogP contribution is -2.20. The highest BCUT2D eigenvalue weighted by Gasteiger charge is 2.14. The van der Waals surface area contributed by atoms with Crippen LogP contribution in [0.4, 0.5) is 8.78 Å². The second kappa shape index (κ2) is 5.61. The third-order valence-electron chi connectivity index (χ3n) is 3.46. The molecule has 1 unspecified atom stereocenters. The molecule has 2 aromatic carbocycles. The van der Waals surface area contributed by atoms with Crippen molar-refractivity contribution in [2.75, 3.05) is 0 Å². The Morgan fingerprint density at radius 2 is 1.95 bits per heavy atom. The molecule has 0 aliphatic rings. The first-order chi connectivity index (χ1) is 10.1. The van der Waals surface area contributed by atoms with Gasteiger partial charge in [-0.15, -0.1) is 0 Å². The number of benzene rings is 2. The van der Waals surface area contributed by atoms with Crippen molar-refractivity contribution in [1.29, 1.82) is 0 Å². The Bertz CT molecular complexity index is 734. The number of H-pyrrole nitrogens is 1. The number of aromatic amines is 1. The Morgan fingerprint density at radius 3 is 2.76 bits per heavy atom. The number of nitrogens with one attached hydrogen (secondary N) is 2. The molecule has 5 heteroatoms. The summed E-state index contributed by atoms with van der Waals surface area (Å²) in [5.74, 6) is -0.869. The minimum atomic E-state index is -0.829. The van der Waals surface area contributed by atoms with Gasteiger partial charge in [-0.05, 0) is 25.1 Å². The van der Waals surface area contributed by atoms with Crippen molar-refractivity contribution >= 4 is 11.0 Å². The van der Waals surface area contributed by atoms with Gasteiger partial charge >= 0.3 is 0 Å². The average Bonchev–Trinajstić information content (AvgIpc) is 2.90. The number of para-hydroxylation sites is 2. The van der Waals surface area contributed by atoms with E-state index in [0.29, 0.717) is 12.1 Å². The first-order valence-electron chi connectivity index (χ1n) is 6.76. The summed E-state index contributed by atoms with van der Waals surface area (Å²) in [5, 5.41) is 3.14. The van der Waals surface area contributed by atoms with Crippen LogP contribution in [0.5, 0.6) is 0 Å². The summed E-state index contributed by atoms with van der Waals surface area (Å²) >= 11 is 0. The molecule has 0 saturated carbocycles. The third kappa shape index (κ3) is 2.78. The van der Waals surface area contributed by atoms with E-state index in [1.807, 2.05) is 24.3 Å². The molecule has 108 valence electrons. The average molecular weight is 287 g/mol. The number of hydrogen-bond acceptors (Lipinski definition) is 2. The maximum Gasteiger partial charge on any atom is 0.163 e. The Hall–Kier alpha value is -2.27. The Balaban J connectivity index is 1.73. The highest BCUT2D eigenvalue weighted by molar-refractivity contribution is 5.74. The number of nitrogens with zero attached hydrogens (tertiary/aromatic N) is 1. The van der Waals surface area contributed by atoms with Crippen LogP contribution in [0, 0.1) is 11.6 Å². The van der Waals surface area contributed by atoms with E-state index in [0.717, 1.165) is 22.9 Å². The highest BCUT2D eigenvalue weighted by atomic mass is 19.2. The van der Waals surface area contributed by atoms with Gasteiger partial charge in [0.05, 0.1) is 17.6 Å². The first-order valence-corrected chi connectivity index (χ1v) is 6.76. The van der Waals surface area contributed by atoms with Crippen molar-refractivity contribution in [3.63, 3.8) is 0 Å². The van der Waals surface area contributed by atoms with Crippen LogP contribution in [0.2, 0.25) is 0 Å². The first kappa shape index (κ1) is 13.7. The lowest BCUT2D eigenvalue weighted by molar-refractivity contribution is 0.470. The minimum absolute atomic E-state index is 0.311. The maximum atomic E-state index is 13.7. The normalized spacial score (nSPS) is 12.7. The van der Waals surface area contributed by atoms with E-state index >= 15 is 0 Å². The van der Waals surface area contributed by atoms with Crippen LogP contribution in [0.1, 0.15) is 24.4 Å². The summed E-state index contributed by atoms with van der Waals surface area (Å²) in [4.78, 5) is 7.62. The molecule has 2 N–H and O–H groups in total. The van der Waals surface area contributed by atoms with Crippen molar-refractivity contribution in [3.05, 3.63) is 65.5 Å². The largest absolute Gasteiger partial charge is 0.341 e. The van der Waals surface area contributed by atoms with Gasteiger partial charge in [0, 0.05) is 11.6 Å². The van der Waals surface area contributed by atoms with Gasteiger partial charge in [0.2, 0.25) is 0 Å². The Morgan fingerprint density at radius 1 is 1.14 bits per heavy atom. The molecule has 0 fully saturated rings. The molecule has 0 aliphatic heterocycles. The van der Waals surface area contributed by atoms with E-state index in [9.17, 15) is 8.78 Å². The van der Waals surface area contributed by atoms with Crippen LogP contribution < -0.4 is 5.32 Å². The quantitative estimate of drug-likeness (QED) is 0.768. The minimum Gasteiger partial charge on any atom is -0.341 e. The molecule has 0 amide bonds. The molecular weight excluding hydrogens is 272 g/mol. The fourth-order valence-electron chi connectivity index (χ4n) is 2.30. The predicted octanol–water partition coefficient (Wildman–Crippen LogP) is 3.69. The number of imidazole rings is 1. The number of fused-ring (bicyclic) bond motifs is 1. The Labute approximate surface area is 121 Å². The predicted molar refractivity (Wildman–Crippen MR) is 77.7 cm³/mol. The van der Waals surface area contributed by atoms with Crippen LogP contribution in [0.15, 0.2) is 42.5 Å². The molecule has 3 aromatic rings. The van der Waals surface area contributed by atoms with Crippen molar-refractivity contribution < 1.29 is 8.78 Å². The number of rotatable bonds is 4. The molecule has 0 bridgehead atoms. The van der Waals surface area contributed by atoms with Crippen molar-refractivity contribution in [3.8, 4) is 0 Å². The maximum absolute atomic E-state index is 13.7. The zero-order valence-corrected chi connectivity index (χ0v) is 11.5. The summed E-state index contributed by atoms with van der Waals surface area (Å²) in [7, 11) is 0. The monoisotopic (exact) mass is 287 g/mol. The zero-order chi connectivity index (χ0) is 14.8. The van der Waals surface area contributed by atoms with E-state index in [1.165, 1.54) is 6.07 Å². The SMILES string of the molecule is CC(NCc1nc2ccccc2[nH]1)c1cccc(F)c1F. The van der Waals surface area contributed by atoms with Gasteiger partial charge in [-0.2, -0.15) is 0 Å². The lowest BCUT2D eigenvalue weighted by Gasteiger charge is -2.14. The van der Waals surface area contributed by atoms with Gasteiger partial charge in [0.15, 0.2) is 11.6 Å². The zero-order valence-electron chi connectivity index (χ0n) is 11.5. The highest BCUT2D eigenvalue weighted by Crippen LogP contribution is 2.19. The van der Waals surface area contributed by atoms with Gasteiger partial charge in [-0.1, -0.05) is 24.3 Å². The van der Waals surface area contributed by atoms with Crippen LogP contribution in [0.3, 0.4) is 0 Å². The molecule has 1 heterocycles. The van der Waals surface area contributed by atoms with Gasteiger partial charge in [-0.25, -0.2) is 13.8 Å².